The van der Waals surface area contributed by atoms with E-state index in [1.54, 1.807) is 35.0 Å². The van der Waals surface area contributed by atoms with Crippen molar-refractivity contribution in [1.29, 1.82) is 0 Å². The monoisotopic (exact) mass is 374 g/mol. The van der Waals surface area contributed by atoms with Gasteiger partial charge in [0.25, 0.3) is 0 Å². The zero-order valence-corrected chi connectivity index (χ0v) is 14.9. The molecule has 1 N–H and O–H groups in total. The molecule has 1 fully saturated rings. The van der Waals surface area contributed by atoms with Crippen LogP contribution in [-0.4, -0.2) is 72.7 Å². The first kappa shape index (κ1) is 19.0. The van der Waals surface area contributed by atoms with Gasteiger partial charge < -0.3 is 14.7 Å². The van der Waals surface area contributed by atoms with Crippen LogP contribution in [0.2, 0.25) is 10.0 Å². The summed E-state index contributed by atoms with van der Waals surface area (Å²) < 4.78 is 5.63. The lowest BCUT2D eigenvalue weighted by Crippen LogP contribution is -2.50. The van der Waals surface area contributed by atoms with E-state index in [4.69, 9.17) is 33.0 Å². The van der Waals surface area contributed by atoms with E-state index in [-0.39, 0.29) is 25.0 Å². The molecule has 0 saturated carbocycles. The minimum atomic E-state index is -0.888. The number of aliphatic carboxylic acids is 1. The SMILES string of the molecule is CN(CC(=O)O)CC1CN(C(=O)Cc2ccc(Cl)c(Cl)c2)CCO1. The Kier molecular flexibility index (Phi) is 6.86. The summed E-state index contributed by atoms with van der Waals surface area (Å²) in [7, 11) is 1.72. The summed E-state index contributed by atoms with van der Waals surface area (Å²) in [6.45, 7) is 1.82. The highest BCUT2D eigenvalue weighted by molar-refractivity contribution is 6.42. The van der Waals surface area contributed by atoms with Crippen molar-refractivity contribution in [2.75, 3.05) is 39.8 Å². The first-order valence-corrected chi connectivity index (χ1v) is 8.34. The largest absolute Gasteiger partial charge is 0.480 e. The number of carboxylic acids is 1. The van der Waals surface area contributed by atoms with Crippen LogP contribution < -0.4 is 0 Å². The Morgan fingerprint density at radius 1 is 1.38 bits per heavy atom. The van der Waals surface area contributed by atoms with Crippen molar-refractivity contribution in [3.63, 3.8) is 0 Å². The highest BCUT2D eigenvalue weighted by Gasteiger charge is 2.25. The summed E-state index contributed by atoms with van der Waals surface area (Å²) in [6, 6.07) is 5.15. The van der Waals surface area contributed by atoms with Gasteiger partial charge >= 0.3 is 5.97 Å². The first-order chi connectivity index (χ1) is 11.3. The maximum atomic E-state index is 12.5. The number of carbonyl (C=O) groups is 2. The van der Waals surface area contributed by atoms with Crippen molar-refractivity contribution < 1.29 is 19.4 Å². The molecule has 0 aliphatic carbocycles. The number of likely N-dealkylation sites (N-methyl/N-ethyl adjacent to an activating group) is 1. The van der Waals surface area contributed by atoms with Gasteiger partial charge in [0.05, 0.1) is 35.7 Å². The first-order valence-electron chi connectivity index (χ1n) is 7.59. The second kappa shape index (κ2) is 8.67. The number of hydrogen-bond donors (Lipinski definition) is 1. The van der Waals surface area contributed by atoms with E-state index in [1.807, 2.05) is 0 Å². The van der Waals surface area contributed by atoms with Gasteiger partial charge in [-0.15, -0.1) is 0 Å². The second-order valence-electron chi connectivity index (χ2n) is 5.85. The summed E-state index contributed by atoms with van der Waals surface area (Å²) in [5.41, 5.74) is 0.806. The maximum absolute atomic E-state index is 12.5. The summed E-state index contributed by atoms with van der Waals surface area (Å²) in [5, 5.41) is 9.68. The van der Waals surface area contributed by atoms with Crippen LogP contribution in [0.4, 0.5) is 0 Å². The van der Waals surface area contributed by atoms with Gasteiger partial charge in [-0.1, -0.05) is 29.3 Å². The van der Waals surface area contributed by atoms with Crippen molar-refractivity contribution in [2.24, 2.45) is 0 Å². The highest BCUT2D eigenvalue weighted by Crippen LogP contribution is 2.23. The van der Waals surface area contributed by atoms with Gasteiger partial charge in [0, 0.05) is 19.6 Å². The van der Waals surface area contributed by atoms with Crippen molar-refractivity contribution in [3.8, 4) is 0 Å². The summed E-state index contributed by atoms with van der Waals surface area (Å²) >= 11 is 11.9. The molecular weight excluding hydrogens is 355 g/mol. The lowest BCUT2D eigenvalue weighted by atomic mass is 10.1. The van der Waals surface area contributed by atoms with Crippen molar-refractivity contribution in [1.82, 2.24) is 9.80 Å². The summed E-state index contributed by atoms with van der Waals surface area (Å²) in [5.74, 6) is -0.900. The van der Waals surface area contributed by atoms with E-state index in [0.717, 1.165) is 5.56 Å². The third-order valence-corrected chi connectivity index (χ3v) is 4.49. The molecule has 1 aliphatic heterocycles. The predicted octanol–water partition coefficient (Wildman–Crippen LogP) is 1.78. The van der Waals surface area contributed by atoms with Crippen molar-refractivity contribution in [2.45, 2.75) is 12.5 Å². The molecule has 0 spiro atoms. The molecule has 1 amide bonds. The molecule has 1 heterocycles. The molecule has 1 unspecified atom stereocenters. The fourth-order valence-corrected chi connectivity index (χ4v) is 2.96. The molecule has 1 aromatic rings. The number of amides is 1. The molecule has 1 saturated heterocycles. The normalized spacial score (nSPS) is 18.0. The number of nitrogens with zero attached hydrogens (tertiary/aromatic N) is 2. The van der Waals surface area contributed by atoms with Gasteiger partial charge in [0.1, 0.15) is 0 Å². The summed E-state index contributed by atoms with van der Waals surface area (Å²) in [4.78, 5) is 26.6. The molecule has 0 aromatic heterocycles. The molecule has 132 valence electrons. The molecule has 1 aromatic carbocycles. The van der Waals surface area contributed by atoms with Crippen LogP contribution in [0.1, 0.15) is 5.56 Å². The van der Waals surface area contributed by atoms with Gasteiger partial charge in [-0.05, 0) is 24.7 Å². The molecule has 8 heteroatoms. The van der Waals surface area contributed by atoms with Crippen molar-refractivity contribution in [3.05, 3.63) is 33.8 Å². The Morgan fingerprint density at radius 2 is 2.12 bits per heavy atom. The van der Waals surface area contributed by atoms with E-state index in [0.29, 0.717) is 36.3 Å². The number of rotatable bonds is 6. The molecular formula is C16H20Cl2N2O4. The molecule has 2 rings (SSSR count). The molecule has 24 heavy (non-hydrogen) atoms. The maximum Gasteiger partial charge on any atom is 0.317 e. The molecule has 1 aliphatic rings. The van der Waals surface area contributed by atoms with E-state index in [9.17, 15) is 9.59 Å². The second-order valence-corrected chi connectivity index (χ2v) is 6.66. The van der Waals surface area contributed by atoms with E-state index >= 15 is 0 Å². The Hall–Kier alpha value is -1.34. The quantitative estimate of drug-likeness (QED) is 0.821. The number of halogens is 2. The Balaban J connectivity index is 1.89. The van der Waals surface area contributed by atoms with Crippen LogP contribution in [0.15, 0.2) is 18.2 Å². The lowest BCUT2D eigenvalue weighted by molar-refractivity contribution is -0.142. The standard InChI is InChI=1S/C16H20Cl2N2O4/c1-19(10-16(22)23)8-12-9-20(4-5-24-12)15(21)7-11-2-3-13(17)14(18)6-11/h2-3,6,12H,4-5,7-10H2,1H3,(H,22,23). The number of morpholine rings is 1. The van der Waals surface area contributed by atoms with Gasteiger partial charge in [-0.25, -0.2) is 0 Å². The average Bonchev–Trinajstić information content (AvgIpc) is 2.50. The molecule has 1 atom stereocenters. The molecule has 6 nitrogen and oxygen atoms in total. The van der Waals surface area contributed by atoms with Gasteiger partial charge in [0.2, 0.25) is 5.91 Å². The van der Waals surface area contributed by atoms with Crippen LogP contribution in [0.25, 0.3) is 0 Å². The van der Waals surface area contributed by atoms with Gasteiger partial charge in [-0.2, -0.15) is 0 Å². The fraction of sp³-hybridized carbons (Fsp3) is 0.500. The topological polar surface area (TPSA) is 70.1 Å². The molecule has 0 bridgehead atoms. The van der Waals surface area contributed by atoms with Gasteiger partial charge in [-0.3, -0.25) is 14.5 Å². The fourth-order valence-electron chi connectivity index (χ4n) is 2.64. The minimum Gasteiger partial charge on any atom is -0.480 e. The minimum absolute atomic E-state index is 0.0115. The third-order valence-electron chi connectivity index (χ3n) is 3.75. The zero-order valence-electron chi connectivity index (χ0n) is 13.4. The lowest BCUT2D eigenvalue weighted by Gasteiger charge is -2.34. The number of benzene rings is 1. The Labute approximate surface area is 150 Å². The van der Waals surface area contributed by atoms with E-state index in [1.165, 1.54) is 0 Å². The predicted molar refractivity (Wildman–Crippen MR) is 91.6 cm³/mol. The van der Waals surface area contributed by atoms with E-state index in [2.05, 4.69) is 0 Å². The van der Waals surface area contributed by atoms with Crippen LogP contribution in [-0.2, 0) is 20.7 Å². The smallest absolute Gasteiger partial charge is 0.317 e. The number of carbonyl (C=O) groups excluding carboxylic acids is 1. The Morgan fingerprint density at radius 3 is 2.79 bits per heavy atom. The Bertz CT molecular complexity index is 612. The molecule has 0 radical (unpaired) electrons. The zero-order chi connectivity index (χ0) is 17.7. The van der Waals surface area contributed by atoms with Crippen LogP contribution in [0, 0.1) is 0 Å². The van der Waals surface area contributed by atoms with Crippen LogP contribution in [0.5, 0.6) is 0 Å². The number of carboxylic acid groups (broad SMARTS) is 1. The summed E-state index contributed by atoms with van der Waals surface area (Å²) in [6.07, 6.45) is 0.0510. The highest BCUT2D eigenvalue weighted by atomic mass is 35.5. The van der Waals surface area contributed by atoms with Crippen LogP contribution in [0.3, 0.4) is 0 Å². The average molecular weight is 375 g/mol. The number of ether oxygens (including phenoxy) is 1. The van der Waals surface area contributed by atoms with E-state index < -0.39 is 5.97 Å². The third kappa shape index (κ3) is 5.63. The number of hydrogen-bond acceptors (Lipinski definition) is 4. The van der Waals surface area contributed by atoms with Crippen LogP contribution >= 0.6 is 23.2 Å². The van der Waals surface area contributed by atoms with Crippen molar-refractivity contribution >= 4 is 35.1 Å². The van der Waals surface area contributed by atoms with Gasteiger partial charge in [0.15, 0.2) is 0 Å².